The van der Waals surface area contributed by atoms with Crippen molar-refractivity contribution in [3.05, 3.63) is 51.1 Å². The summed E-state index contributed by atoms with van der Waals surface area (Å²) in [6.45, 7) is 7.03. The van der Waals surface area contributed by atoms with Gasteiger partial charge < -0.3 is 9.72 Å². The molecule has 3 aromatic rings. The Labute approximate surface area is 176 Å². The van der Waals surface area contributed by atoms with E-state index in [1.54, 1.807) is 11.8 Å². The van der Waals surface area contributed by atoms with Crippen LogP contribution in [-0.4, -0.2) is 56.9 Å². The van der Waals surface area contributed by atoms with Gasteiger partial charge in [-0.25, -0.2) is 4.68 Å². The van der Waals surface area contributed by atoms with Crippen molar-refractivity contribution in [1.29, 1.82) is 0 Å². The lowest BCUT2D eigenvalue weighted by Gasteiger charge is -2.29. The molecule has 160 valence electrons. The van der Waals surface area contributed by atoms with E-state index in [0.717, 1.165) is 48.0 Å². The Morgan fingerprint density at radius 1 is 1.13 bits per heavy atom. The van der Waals surface area contributed by atoms with Gasteiger partial charge in [-0.15, -0.1) is 5.10 Å². The van der Waals surface area contributed by atoms with Crippen molar-refractivity contribution in [1.82, 2.24) is 30.1 Å². The van der Waals surface area contributed by atoms with Gasteiger partial charge in [0, 0.05) is 23.6 Å². The SMILES string of the molecule is COCCn1nnnc1[C@@H](c1cc2c(C)cc(C)cc2[nH]c1=O)N1CCCCCC1. The molecule has 0 saturated carbocycles. The highest BCUT2D eigenvalue weighted by molar-refractivity contribution is 5.83. The van der Waals surface area contributed by atoms with Crippen LogP contribution in [-0.2, 0) is 11.3 Å². The molecule has 30 heavy (non-hydrogen) atoms. The predicted molar refractivity (Wildman–Crippen MR) is 116 cm³/mol. The minimum absolute atomic E-state index is 0.0805. The molecule has 8 heteroatoms. The monoisotopic (exact) mass is 410 g/mol. The van der Waals surface area contributed by atoms with Gasteiger partial charge in [0.25, 0.3) is 5.56 Å². The third kappa shape index (κ3) is 4.15. The summed E-state index contributed by atoms with van der Waals surface area (Å²) >= 11 is 0. The Morgan fingerprint density at radius 3 is 2.63 bits per heavy atom. The first-order chi connectivity index (χ1) is 14.6. The summed E-state index contributed by atoms with van der Waals surface area (Å²) in [5.74, 6) is 0.698. The van der Waals surface area contributed by atoms with Crippen molar-refractivity contribution in [2.45, 2.75) is 52.1 Å². The standard InChI is InChI=1S/C22H30N6O2/c1-15-12-16(2)17-14-18(22(29)23-19(17)13-15)20(27-8-6-4-5-7-9-27)21-24-25-26-28(21)10-11-30-3/h12-14,20H,4-11H2,1-3H3,(H,23,29)/t20-/m1/s1. The van der Waals surface area contributed by atoms with E-state index in [9.17, 15) is 4.79 Å². The van der Waals surface area contributed by atoms with E-state index in [-0.39, 0.29) is 11.6 Å². The molecule has 1 aliphatic rings. The van der Waals surface area contributed by atoms with Crippen molar-refractivity contribution in [3.63, 3.8) is 0 Å². The molecule has 1 aliphatic heterocycles. The number of pyridine rings is 1. The summed E-state index contributed by atoms with van der Waals surface area (Å²) in [5, 5.41) is 13.5. The largest absolute Gasteiger partial charge is 0.383 e. The van der Waals surface area contributed by atoms with Crippen LogP contribution in [0.2, 0.25) is 0 Å². The summed E-state index contributed by atoms with van der Waals surface area (Å²) in [6.07, 6.45) is 4.65. The number of aromatic nitrogens is 5. The van der Waals surface area contributed by atoms with Crippen LogP contribution < -0.4 is 5.56 Å². The molecular formula is C22H30N6O2. The molecule has 0 spiro atoms. The molecule has 4 rings (SSSR count). The molecule has 2 aromatic heterocycles. The Morgan fingerprint density at radius 2 is 1.90 bits per heavy atom. The van der Waals surface area contributed by atoms with Gasteiger partial charge in [0.2, 0.25) is 0 Å². The second-order valence-electron chi connectivity index (χ2n) is 8.20. The van der Waals surface area contributed by atoms with Gasteiger partial charge in [0.1, 0.15) is 6.04 Å². The molecule has 0 amide bonds. The number of methoxy groups -OCH3 is 1. The minimum atomic E-state index is -0.288. The van der Waals surface area contributed by atoms with Gasteiger partial charge in [-0.1, -0.05) is 18.9 Å². The number of nitrogens with zero attached hydrogens (tertiary/aromatic N) is 5. The quantitative estimate of drug-likeness (QED) is 0.672. The number of fused-ring (bicyclic) bond motifs is 1. The second-order valence-corrected chi connectivity index (χ2v) is 8.20. The summed E-state index contributed by atoms with van der Waals surface area (Å²) < 4.78 is 7.00. The predicted octanol–water partition coefficient (Wildman–Crippen LogP) is 2.74. The van der Waals surface area contributed by atoms with E-state index in [1.165, 1.54) is 12.8 Å². The Kier molecular flexibility index (Phi) is 6.24. The first-order valence-corrected chi connectivity index (χ1v) is 10.7. The molecule has 0 unspecified atom stereocenters. The molecule has 0 radical (unpaired) electrons. The van der Waals surface area contributed by atoms with Crippen LogP contribution in [0.3, 0.4) is 0 Å². The number of nitrogens with one attached hydrogen (secondary N) is 1. The van der Waals surface area contributed by atoms with Crippen molar-refractivity contribution in [2.75, 3.05) is 26.8 Å². The van der Waals surface area contributed by atoms with E-state index in [0.29, 0.717) is 24.5 Å². The van der Waals surface area contributed by atoms with Crippen molar-refractivity contribution in [3.8, 4) is 0 Å². The molecule has 1 N–H and O–H groups in total. The lowest BCUT2D eigenvalue weighted by molar-refractivity contribution is 0.175. The maximum absolute atomic E-state index is 13.3. The van der Waals surface area contributed by atoms with Gasteiger partial charge in [0.05, 0.1) is 13.2 Å². The second kappa shape index (κ2) is 9.06. The molecule has 1 atom stereocenters. The number of rotatable bonds is 6. The first kappa shape index (κ1) is 20.7. The van der Waals surface area contributed by atoms with Crippen molar-refractivity contribution < 1.29 is 4.74 Å². The third-order valence-electron chi connectivity index (χ3n) is 5.95. The average molecular weight is 411 g/mol. The first-order valence-electron chi connectivity index (χ1n) is 10.7. The molecule has 3 heterocycles. The maximum atomic E-state index is 13.3. The van der Waals surface area contributed by atoms with Crippen LogP contribution in [0.5, 0.6) is 0 Å². The number of aromatic amines is 1. The van der Waals surface area contributed by atoms with E-state index in [1.807, 2.05) is 19.1 Å². The highest BCUT2D eigenvalue weighted by Gasteiger charge is 2.30. The highest BCUT2D eigenvalue weighted by Crippen LogP contribution is 2.30. The van der Waals surface area contributed by atoms with Crippen LogP contribution in [0.1, 0.15) is 54.2 Å². The summed E-state index contributed by atoms with van der Waals surface area (Å²) in [5.41, 5.74) is 3.77. The number of H-pyrrole nitrogens is 1. The summed E-state index contributed by atoms with van der Waals surface area (Å²) in [6, 6.07) is 5.92. The number of benzene rings is 1. The zero-order valence-corrected chi connectivity index (χ0v) is 18.0. The average Bonchev–Trinajstić information content (AvgIpc) is 3.00. The van der Waals surface area contributed by atoms with Gasteiger partial charge >= 0.3 is 0 Å². The normalized spacial score (nSPS) is 16.6. The van der Waals surface area contributed by atoms with Crippen molar-refractivity contribution in [2.24, 2.45) is 0 Å². The minimum Gasteiger partial charge on any atom is -0.383 e. The zero-order chi connectivity index (χ0) is 21.1. The van der Waals surface area contributed by atoms with Crippen molar-refractivity contribution >= 4 is 10.9 Å². The number of hydrogen-bond acceptors (Lipinski definition) is 6. The van der Waals surface area contributed by atoms with Gasteiger partial charge in [0.15, 0.2) is 5.82 Å². The Balaban J connectivity index is 1.86. The van der Waals surface area contributed by atoms with E-state index < -0.39 is 0 Å². The Bertz CT molecular complexity index is 1070. The number of likely N-dealkylation sites (tertiary alicyclic amines) is 1. The van der Waals surface area contributed by atoms with E-state index >= 15 is 0 Å². The lowest BCUT2D eigenvalue weighted by atomic mass is 10.00. The number of hydrogen-bond donors (Lipinski definition) is 1. The van der Waals surface area contributed by atoms with Gasteiger partial charge in [-0.3, -0.25) is 9.69 Å². The molecule has 1 fully saturated rings. The van der Waals surface area contributed by atoms with Gasteiger partial charge in [-0.05, 0) is 73.5 Å². The molecule has 0 aliphatic carbocycles. The molecule has 1 saturated heterocycles. The fraction of sp³-hybridized carbons (Fsp3) is 0.545. The van der Waals surface area contributed by atoms with Gasteiger partial charge in [-0.2, -0.15) is 0 Å². The van der Waals surface area contributed by atoms with Crippen LogP contribution in [0, 0.1) is 13.8 Å². The molecule has 0 bridgehead atoms. The summed E-state index contributed by atoms with van der Waals surface area (Å²) in [7, 11) is 1.66. The zero-order valence-electron chi connectivity index (χ0n) is 18.0. The fourth-order valence-electron chi connectivity index (χ4n) is 4.49. The maximum Gasteiger partial charge on any atom is 0.253 e. The summed E-state index contributed by atoms with van der Waals surface area (Å²) in [4.78, 5) is 18.7. The smallest absolute Gasteiger partial charge is 0.253 e. The molecule has 8 nitrogen and oxygen atoms in total. The molecule has 1 aromatic carbocycles. The number of ether oxygens (including phenoxy) is 1. The lowest BCUT2D eigenvalue weighted by Crippen LogP contribution is -2.36. The molecular weight excluding hydrogens is 380 g/mol. The van der Waals surface area contributed by atoms with Crippen LogP contribution >= 0.6 is 0 Å². The van der Waals surface area contributed by atoms with Crippen LogP contribution in [0.25, 0.3) is 10.9 Å². The van der Waals surface area contributed by atoms with Crippen LogP contribution in [0.4, 0.5) is 0 Å². The third-order valence-corrected chi connectivity index (χ3v) is 5.95. The van der Waals surface area contributed by atoms with E-state index in [4.69, 9.17) is 4.74 Å². The topological polar surface area (TPSA) is 88.9 Å². The van der Waals surface area contributed by atoms with E-state index in [2.05, 4.69) is 38.4 Å². The highest BCUT2D eigenvalue weighted by atomic mass is 16.5. The number of tetrazole rings is 1. The number of aryl methyl sites for hydroxylation is 2. The fourth-order valence-corrected chi connectivity index (χ4v) is 4.49. The van der Waals surface area contributed by atoms with Crippen LogP contribution in [0.15, 0.2) is 23.0 Å². The Hall–Kier alpha value is -2.58.